The first-order valence-electron chi connectivity index (χ1n) is 10.7. The Morgan fingerprint density at radius 2 is 1.70 bits per heavy atom. The van der Waals surface area contributed by atoms with Crippen molar-refractivity contribution in [3.05, 3.63) is 56.9 Å². The van der Waals surface area contributed by atoms with Gasteiger partial charge in [0.05, 0.1) is 6.54 Å². The third kappa shape index (κ3) is 5.33. The maximum Gasteiger partial charge on any atom is 0.322 e. The molecule has 3 rings (SSSR count). The lowest BCUT2D eigenvalue weighted by atomic mass is 9.95. The van der Waals surface area contributed by atoms with Crippen LogP contribution in [-0.2, 0) is 11.3 Å². The molecule has 0 unspecified atom stereocenters. The van der Waals surface area contributed by atoms with Crippen molar-refractivity contribution in [1.82, 2.24) is 15.2 Å². The molecule has 0 spiro atoms. The summed E-state index contributed by atoms with van der Waals surface area (Å²) in [5, 5.41) is 35.1. The smallest absolute Gasteiger partial charge is 0.322 e. The van der Waals surface area contributed by atoms with E-state index in [1.165, 1.54) is 0 Å². The molecule has 10 heteroatoms. The van der Waals surface area contributed by atoms with Gasteiger partial charge in [-0.2, -0.15) is 0 Å². The lowest BCUT2D eigenvalue weighted by Gasteiger charge is -2.24. The second-order valence-corrected chi connectivity index (χ2v) is 8.12. The third-order valence-corrected chi connectivity index (χ3v) is 5.80. The number of carbonyl (C=O) groups is 3. The molecule has 0 radical (unpaired) electrons. The summed E-state index contributed by atoms with van der Waals surface area (Å²) in [5.74, 6) is -5.09. The van der Waals surface area contributed by atoms with Gasteiger partial charge in [-0.25, -0.2) is 0 Å². The fourth-order valence-electron chi connectivity index (χ4n) is 3.97. The van der Waals surface area contributed by atoms with Crippen molar-refractivity contribution in [2.75, 3.05) is 6.54 Å². The Bertz CT molecular complexity index is 1130. The predicted octanol–water partition coefficient (Wildman–Crippen LogP) is 1.49. The van der Waals surface area contributed by atoms with Gasteiger partial charge in [-0.15, -0.1) is 0 Å². The van der Waals surface area contributed by atoms with Crippen molar-refractivity contribution < 1.29 is 29.7 Å². The van der Waals surface area contributed by atoms with Crippen LogP contribution < -0.4 is 16.2 Å². The van der Waals surface area contributed by atoms with E-state index in [0.717, 1.165) is 42.2 Å². The molecule has 0 atom stereocenters. The first-order valence-corrected chi connectivity index (χ1v) is 10.7. The summed E-state index contributed by atoms with van der Waals surface area (Å²) >= 11 is 0. The van der Waals surface area contributed by atoms with Crippen LogP contribution in [0.5, 0.6) is 11.6 Å². The van der Waals surface area contributed by atoms with Gasteiger partial charge in [0.2, 0.25) is 5.88 Å². The SMILES string of the molecule is Cc1ccccc1Cn1c(O)c(C(=O)NC2CCCCC2)c(O)c(C(=O)NCC(=O)O)c1=O. The monoisotopic (exact) mass is 457 g/mol. The number of rotatable bonds is 7. The number of benzene rings is 1. The number of aromatic nitrogens is 1. The quantitative estimate of drug-likeness (QED) is 0.421. The molecule has 2 aromatic rings. The highest BCUT2D eigenvalue weighted by Gasteiger charge is 2.31. The number of carbonyl (C=O) groups excluding carboxylic acids is 2. The molecule has 1 aliphatic rings. The summed E-state index contributed by atoms with van der Waals surface area (Å²) in [4.78, 5) is 49.5. The van der Waals surface area contributed by atoms with Crippen LogP contribution in [0.1, 0.15) is 63.9 Å². The number of pyridine rings is 1. The molecule has 0 saturated heterocycles. The lowest BCUT2D eigenvalue weighted by molar-refractivity contribution is -0.135. The molecule has 1 fully saturated rings. The Labute approximate surface area is 189 Å². The van der Waals surface area contributed by atoms with Crippen LogP contribution in [0.4, 0.5) is 0 Å². The molecule has 1 aliphatic carbocycles. The highest BCUT2D eigenvalue weighted by atomic mass is 16.4. The first kappa shape index (κ1) is 23.8. The number of nitrogens with one attached hydrogen (secondary N) is 2. The van der Waals surface area contributed by atoms with Gasteiger partial charge in [-0.05, 0) is 30.9 Å². The Morgan fingerprint density at radius 3 is 2.33 bits per heavy atom. The van der Waals surface area contributed by atoms with Crippen molar-refractivity contribution in [3.8, 4) is 11.6 Å². The van der Waals surface area contributed by atoms with Crippen molar-refractivity contribution >= 4 is 17.8 Å². The van der Waals surface area contributed by atoms with Gasteiger partial charge in [0.15, 0.2) is 5.75 Å². The van der Waals surface area contributed by atoms with Gasteiger partial charge >= 0.3 is 5.97 Å². The number of aliphatic carboxylic acids is 1. The van der Waals surface area contributed by atoms with Gasteiger partial charge < -0.3 is 26.0 Å². The van der Waals surface area contributed by atoms with Gasteiger partial charge in [-0.1, -0.05) is 43.5 Å². The Kier molecular flexibility index (Phi) is 7.37. The number of hydrogen-bond acceptors (Lipinski definition) is 6. The summed E-state index contributed by atoms with van der Waals surface area (Å²) in [6, 6.07) is 6.90. The highest BCUT2D eigenvalue weighted by molar-refractivity contribution is 6.05. The van der Waals surface area contributed by atoms with E-state index in [-0.39, 0.29) is 12.6 Å². The largest absolute Gasteiger partial charge is 0.506 e. The molecule has 176 valence electrons. The van der Waals surface area contributed by atoms with E-state index >= 15 is 0 Å². The molecule has 10 nitrogen and oxygen atoms in total. The van der Waals surface area contributed by atoms with E-state index in [4.69, 9.17) is 5.11 Å². The molecular formula is C23H27N3O7. The average Bonchev–Trinajstić information content (AvgIpc) is 2.77. The summed E-state index contributed by atoms with van der Waals surface area (Å²) in [6.07, 6.45) is 4.39. The lowest BCUT2D eigenvalue weighted by Crippen LogP contribution is -2.39. The van der Waals surface area contributed by atoms with E-state index in [9.17, 15) is 29.4 Å². The topological polar surface area (TPSA) is 158 Å². The molecule has 1 saturated carbocycles. The molecular weight excluding hydrogens is 430 g/mol. The van der Waals surface area contributed by atoms with Gasteiger partial charge in [-0.3, -0.25) is 23.7 Å². The van der Waals surface area contributed by atoms with Crippen LogP contribution >= 0.6 is 0 Å². The van der Waals surface area contributed by atoms with Crippen LogP contribution in [0.3, 0.4) is 0 Å². The second kappa shape index (κ2) is 10.2. The van der Waals surface area contributed by atoms with E-state index < -0.39 is 52.6 Å². The van der Waals surface area contributed by atoms with Gasteiger partial charge in [0.1, 0.15) is 17.7 Å². The zero-order valence-corrected chi connectivity index (χ0v) is 18.3. The standard InChI is InChI=1S/C23H27N3O7/c1-13-7-5-6-8-14(13)12-26-22(32)17(20(30)24-11-16(27)28)19(29)18(23(26)33)21(31)25-15-9-3-2-4-10-15/h5-8,15,29,33H,2-4,9-12H2,1H3,(H,24,30)(H,25,31)(H,27,28). The summed E-state index contributed by atoms with van der Waals surface area (Å²) in [6.45, 7) is 0.843. The molecule has 1 aromatic carbocycles. The number of nitrogens with zero attached hydrogens (tertiary/aromatic N) is 1. The Balaban J connectivity index is 2.10. The van der Waals surface area contributed by atoms with Crippen molar-refractivity contribution in [2.45, 2.75) is 51.6 Å². The van der Waals surface area contributed by atoms with E-state index in [0.29, 0.717) is 5.56 Å². The third-order valence-electron chi connectivity index (χ3n) is 5.80. The van der Waals surface area contributed by atoms with Crippen LogP contribution in [0.15, 0.2) is 29.1 Å². The first-order chi connectivity index (χ1) is 15.7. The number of aryl methyl sites for hydroxylation is 1. The summed E-state index contributed by atoms with van der Waals surface area (Å²) in [5.41, 5.74) is -1.01. The maximum absolute atomic E-state index is 13.1. The summed E-state index contributed by atoms with van der Waals surface area (Å²) < 4.78 is 0.827. The van der Waals surface area contributed by atoms with Crippen molar-refractivity contribution in [1.29, 1.82) is 0 Å². The molecule has 0 aliphatic heterocycles. The number of hydrogen-bond donors (Lipinski definition) is 5. The fourth-order valence-corrected chi connectivity index (χ4v) is 3.97. The summed E-state index contributed by atoms with van der Waals surface area (Å²) in [7, 11) is 0. The highest BCUT2D eigenvalue weighted by Crippen LogP contribution is 2.30. The maximum atomic E-state index is 13.1. The molecule has 1 heterocycles. The van der Waals surface area contributed by atoms with Crippen LogP contribution in [0.25, 0.3) is 0 Å². The molecule has 33 heavy (non-hydrogen) atoms. The van der Waals surface area contributed by atoms with E-state index in [1.807, 2.05) is 5.32 Å². The van der Waals surface area contributed by atoms with Gasteiger partial charge in [0, 0.05) is 6.04 Å². The molecule has 0 bridgehead atoms. The fraction of sp³-hybridized carbons (Fsp3) is 0.391. The number of carboxylic acids is 1. The molecule has 1 aromatic heterocycles. The average molecular weight is 457 g/mol. The minimum absolute atomic E-state index is 0.161. The van der Waals surface area contributed by atoms with Crippen LogP contribution in [0.2, 0.25) is 0 Å². The van der Waals surface area contributed by atoms with Crippen molar-refractivity contribution in [2.24, 2.45) is 0 Å². The minimum Gasteiger partial charge on any atom is -0.506 e. The minimum atomic E-state index is -1.35. The van der Waals surface area contributed by atoms with Crippen LogP contribution in [0, 0.1) is 6.92 Å². The second-order valence-electron chi connectivity index (χ2n) is 8.12. The molecule has 2 amide bonds. The Hall–Kier alpha value is -3.82. The van der Waals surface area contributed by atoms with Crippen molar-refractivity contribution in [3.63, 3.8) is 0 Å². The normalized spacial score (nSPS) is 14.0. The number of carboxylic acid groups (broad SMARTS) is 1. The van der Waals surface area contributed by atoms with Gasteiger partial charge in [0.25, 0.3) is 17.4 Å². The Morgan fingerprint density at radius 1 is 1.03 bits per heavy atom. The van der Waals surface area contributed by atoms with Crippen LogP contribution in [-0.4, -0.2) is 50.3 Å². The zero-order valence-electron chi connectivity index (χ0n) is 18.3. The number of aromatic hydroxyl groups is 2. The predicted molar refractivity (Wildman–Crippen MR) is 119 cm³/mol. The molecule has 5 N–H and O–H groups in total. The number of amides is 2. The zero-order chi connectivity index (χ0) is 24.1. The van der Waals surface area contributed by atoms with E-state index in [1.54, 1.807) is 31.2 Å². The van der Waals surface area contributed by atoms with E-state index in [2.05, 4.69) is 5.32 Å².